The number of ether oxygens (including phenoxy) is 2. The smallest absolute Gasteiger partial charge is 0.267 e. The number of amides is 1. The first-order valence-electron chi connectivity index (χ1n) is 10.6. The highest BCUT2D eigenvalue weighted by Gasteiger charge is 2.33. The molecule has 1 fully saturated rings. The first-order valence-corrected chi connectivity index (χ1v) is 10.6. The molecule has 0 spiro atoms. The molecule has 1 unspecified atom stereocenters. The van der Waals surface area contributed by atoms with E-state index in [0.717, 1.165) is 29.8 Å². The lowest BCUT2D eigenvalue weighted by atomic mass is 10.0. The number of piperidine rings is 1. The van der Waals surface area contributed by atoms with Crippen LogP contribution >= 0.6 is 0 Å². The SMILES string of the molecule is O=C(C1COc2ccccc2O1)N1CCC(Nc2ncncc2-c2ccccc2)CC1. The van der Waals surface area contributed by atoms with Gasteiger partial charge in [-0.3, -0.25) is 4.79 Å². The van der Waals surface area contributed by atoms with E-state index in [2.05, 4.69) is 27.4 Å². The summed E-state index contributed by atoms with van der Waals surface area (Å²) in [5.41, 5.74) is 2.06. The normalized spacial score (nSPS) is 18.5. The van der Waals surface area contributed by atoms with Gasteiger partial charge in [0.25, 0.3) is 5.91 Å². The molecular weight excluding hydrogens is 392 g/mol. The van der Waals surface area contributed by atoms with E-state index in [1.807, 2.05) is 53.6 Å². The first kappa shape index (κ1) is 19.4. The third kappa shape index (κ3) is 4.17. The minimum Gasteiger partial charge on any atom is -0.485 e. The quantitative estimate of drug-likeness (QED) is 0.703. The van der Waals surface area contributed by atoms with Crippen LogP contribution < -0.4 is 14.8 Å². The lowest BCUT2D eigenvalue weighted by Crippen LogP contribution is -2.50. The van der Waals surface area contributed by atoms with Gasteiger partial charge in [0.05, 0.1) is 0 Å². The maximum absolute atomic E-state index is 12.9. The van der Waals surface area contributed by atoms with Crippen LogP contribution in [0.4, 0.5) is 5.82 Å². The minimum absolute atomic E-state index is 0.0139. The average Bonchev–Trinajstić information content (AvgIpc) is 2.85. The lowest BCUT2D eigenvalue weighted by Gasteiger charge is -2.35. The molecule has 31 heavy (non-hydrogen) atoms. The Morgan fingerprint density at radius 1 is 1.00 bits per heavy atom. The van der Waals surface area contributed by atoms with E-state index >= 15 is 0 Å². The highest BCUT2D eigenvalue weighted by Crippen LogP contribution is 2.32. The highest BCUT2D eigenvalue weighted by atomic mass is 16.6. The van der Waals surface area contributed by atoms with Crippen LogP contribution in [-0.2, 0) is 4.79 Å². The van der Waals surface area contributed by atoms with Crippen molar-refractivity contribution in [1.29, 1.82) is 0 Å². The van der Waals surface area contributed by atoms with Crippen LogP contribution in [0.2, 0.25) is 0 Å². The molecule has 0 aliphatic carbocycles. The fourth-order valence-electron chi connectivity index (χ4n) is 4.06. The predicted octanol–water partition coefficient (Wildman–Crippen LogP) is 3.39. The molecule has 7 nitrogen and oxygen atoms in total. The Kier molecular flexibility index (Phi) is 5.39. The molecule has 7 heteroatoms. The number of nitrogens with zero attached hydrogens (tertiary/aromatic N) is 3. The van der Waals surface area contributed by atoms with E-state index in [1.165, 1.54) is 0 Å². The van der Waals surface area contributed by atoms with Gasteiger partial charge in [0.1, 0.15) is 18.8 Å². The van der Waals surface area contributed by atoms with Gasteiger partial charge in [-0.15, -0.1) is 0 Å². The second kappa shape index (κ2) is 8.63. The van der Waals surface area contributed by atoms with Gasteiger partial charge in [0.15, 0.2) is 11.5 Å². The second-order valence-electron chi connectivity index (χ2n) is 7.76. The van der Waals surface area contributed by atoms with Crippen molar-refractivity contribution >= 4 is 11.7 Å². The van der Waals surface area contributed by atoms with Gasteiger partial charge in [-0.05, 0) is 30.5 Å². The number of aromatic nitrogens is 2. The van der Waals surface area contributed by atoms with Crippen LogP contribution in [0.15, 0.2) is 67.1 Å². The zero-order valence-corrected chi connectivity index (χ0v) is 17.1. The summed E-state index contributed by atoms with van der Waals surface area (Å²) in [5.74, 6) is 2.13. The van der Waals surface area contributed by atoms with Gasteiger partial charge >= 0.3 is 0 Å². The number of anilines is 1. The zero-order valence-electron chi connectivity index (χ0n) is 17.1. The Bertz CT molecular complexity index is 1050. The standard InChI is InChI=1S/C24H24N4O3/c29-24(22-15-30-20-8-4-5-9-21(20)31-22)28-12-10-18(11-13-28)27-23-19(14-25-16-26-23)17-6-2-1-3-7-17/h1-9,14,16,18,22H,10-13,15H2,(H,25,26,27). The van der Waals surface area contributed by atoms with Crippen molar-refractivity contribution in [3.05, 3.63) is 67.1 Å². The fraction of sp³-hybridized carbons (Fsp3) is 0.292. The van der Waals surface area contributed by atoms with E-state index in [1.54, 1.807) is 6.33 Å². The number of para-hydroxylation sites is 2. The van der Waals surface area contributed by atoms with Crippen molar-refractivity contribution < 1.29 is 14.3 Å². The van der Waals surface area contributed by atoms with Crippen molar-refractivity contribution in [2.75, 3.05) is 25.0 Å². The Balaban J connectivity index is 1.20. The van der Waals surface area contributed by atoms with Gasteiger partial charge < -0.3 is 19.7 Å². The van der Waals surface area contributed by atoms with E-state index < -0.39 is 6.10 Å². The summed E-state index contributed by atoms with van der Waals surface area (Å²) in [5, 5.41) is 3.55. The van der Waals surface area contributed by atoms with Gasteiger partial charge in [-0.25, -0.2) is 9.97 Å². The van der Waals surface area contributed by atoms with E-state index in [9.17, 15) is 4.79 Å². The molecule has 1 amide bonds. The fourth-order valence-corrected chi connectivity index (χ4v) is 4.06. The van der Waals surface area contributed by atoms with E-state index in [4.69, 9.17) is 9.47 Å². The molecule has 2 aliphatic heterocycles. The average molecular weight is 416 g/mol. The van der Waals surface area contributed by atoms with Crippen molar-refractivity contribution in [1.82, 2.24) is 14.9 Å². The summed E-state index contributed by atoms with van der Waals surface area (Å²) in [4.78, 5) is 23.5. The monoisotopic (exact) mass is 416 g/mol. The van der Waals surface area contributed by atoms with Crippen LogP contribution in [0.25, 0.3) is 11.1 Å². The van der Waals surface area contributed by atoms with Crippen LogP contribution in [-0.4, -0.2) is 52.6 Å². The van der Waals surface area contributed by atoms with Crippen LogP contribution in [0.1, 0.15) is 12.8 Å². The summed E-state index contributed by atoms with van der Waals surface area (Å²) in [6.07, 6.45) is 4.49. The van der Waals surface area contributed by atoms with Gasteiger partial charge in [-0.1, -0.05) is 42.5 Å². The number of carbonyl (C=O) groups is 1. The Morgan fingerprint density at radius 2 is 1.74 bits per heavy atom. The number of fused-ring (bicyclic) bond motifs is 1. The molecule has 3 heterocycles. The molecule has 0 radical (unpaired) electrons. The summed E-state index contributed by atoms with van der Waals surface area (Å²) < 4.78 is 11.6. The summed E-state index contributed by atoms with van der Waals surface area (Å²) in [6, 6.07) is 17.8. The molecule has 158 valence electrons. The molecule has 5 rings (SSSR count). The van der Waals surface area contributed by atoms with Crippen molar-refractivity contribution in [2.24, 2.45) is 0 Å². The maximum atomic E-state index is 12.9. The number of hydrogen-bond donors (Lipinski definition) is 1. The molecule has 2 aliphatic rings. The third-order valence-corrected chi connectivity index (χ3v) is 5.73. The van der Waals surface area contributed by atoms with Gasteiger partial charge in [-0.2, -0.15) is 0 Å². The minimum atomic E-state index is -0.592. The third-order valence-electron chi connectivity index (χ3n) is 5.73. The molecule has 1 aromatic heterocycles. The predicted molar refractivity (Wildman–Crippen MR) is 117 cm³/mol. The number of hydrogen-bond acceptors (Lipinski definition) is 6. The first-order chi connectivity index (χ1) is 15.3. The van der Waals surface area contributed by atoms with Gasteiger partial charge in [0, 0.05) is 30.9 Å². The Hall–Kier alpha value is -3.61. The summed E-state index contributed by atoms with van der Waals surface area (Å²) >= 11 is 0. The van der Waals surface area contributed by atoms with E-state index in [0.29, 0.717) is 24.6 Å². The topological polar surface area (TPSA) is 76.6 Å². The number of benzene rings is 2. The van der Waals surface area contributed by atoms with E-state index in [-0.39, 0.29) is 18.6 Å². The van der Waals surface area contributed by atoms with Crippen molar-refractivity contribution in [3.63, 3.8) is 0 Å². The molecule has 1 atom stereocenters. The molecular formula is C24H24N4O3. The molecule has 0 saturated carbocycles. The number of nitrogens with one attached hydrogen (secondary N) is 1. The Morgan fingerprint density at radius 3 is 2.55 bits per heavy atom. The molecule has 2 aromatic carbocycles. The molecule has 1 saturated heterocycles. The van der Waals surface area contributed by atoms with Crippen LogP contribution in [0.3, 0.4) is 0 Å². The zero-order chi connectivity index (χ0) is 21.0. The second-order valence-corrected chi connectivity index (χ2v) is 7.76. The summed E-state index contributed by atoms with van der Waals surface area (Å²) in [6.45, 7) is 1.59. The van der Waals surface area contributed by atoms with Crippen molar-refractivity contribution in [3.8, 4) is 22.6 Å². The number of rotatable bonds is 4. The maximum Gasteiger partial charge on any atom is 0.267 e. The highest BCUT2D eigenvalue weighted by molar-refractivity contribution is 5.82. The lowest BCUT2D eigenvalue weighted by molar-refractivity contribution is -0.142. The number of carbonyl (C=O) groups excluding carboxylic acids is 1. The van der Waals surface area contributed by atoms with Crippen molar-refractivity contribution in [2.45, 2.75) is 25.0 Å². The largest absolute Gasteiger partial charge is 0.485 e. The van der Waals surface area contributed by atoms with Crippen LogP contribution in [0, 0.1) is 0 Å². The molecule has 3 aromatic rings. The molecule has 1 N–H and O–H groups in total. The summed E-state index contributed by atoms with van der Waals surface area (Å²) in [7, 11) is 0. The Labute approximate surface area is 181 Å². The molecule has 0 bridgehead atoms. The number of likely N-dealkylation sites (tertiary alicyclic amines) is 1. The van der Waals surface area contributed by atoms with Gasteiger partial charge in [0.2, 0.25) is 6.10 Å². The van der Waals surface area contributed by atoms with Crippen LogP contribution in [0.5, 0.6) is 11.5 Å².